The summed E-state index contributed by atoms with van der Waals surface area (Å²) in [5, 5.41) is -2.42. The molecule has 3 aromatic heterocycles. The first kappa shape index (κ1) is 40.4. The van der Waals surface area contributed by atoms with Crippen molar-refractivity contribution < 1.29 is 86.6 Å². The zero-order chi connectivity index (χ0) is 32.8. The summed E-state index contributed by atoms with van der Waals surface area (Å²) in [4.78, 5) is 50.6. The van der Waals surface area contributed by atoms with Gasteiger partial charge in [-0.3, -0.25) is 14.4 Å². The van der Waals surface area contributed by atoms with Crippen LogP contribution < -0.4 is 0 Å². The number of carbonyl (C=O) groups is 3. The van der Waals surface area contributed by atoms with Gasteiger partial charge < -0.3 is 15.7 Å². The van der Waals surface area contributed by atoms with Crippen LogP contribution in [0.4, 0.5) is 45.5 Å². The molecule has 1 N–H and O–H groups in total. The summed E-state index contributed by atoms with van der Waals surface area (Å²) in [6, 6.07) is 0. The summed E-state index contributed by atoms with van der Waals surface area (Å²) in [6.45, 7) is 1.99. The van der Waals surface area contributed by atoms with Crippen LogP contribution in [0.3, 0.4) is 0 Å². The van der Waals surface area contributed by atoms with Crippen molar-refractivity contribution in [3.8, 4) is 0 Å². The summed E-state index contributed by atoms with van der Waals surface area (Å²) >= 11 is 15.2. The predicted molar refractivity (Wildman–Crippen MR) is 125 cm³/mol. The number of halogens is 12. The van der Waals surface area contributed by atoms with E-state index in [2.05, 4.69) is 29.9 Å². The van der Waals surface area contributed by atoms with Crippen molar-refractivity contribution in [1.82, 2.24) is 29.9 Å². The number of alkyl halides is 9. The van der Waals surface area contributed by atoms with E-state index in [1.807, 2.05) is 0 Å². The third-order valence-corrected chi connectivity index (χ3v) is 4.65. The normalized spacial score (nSPS) is 11.2. The van der Waals surface area contributed by atoms with E-state index in [1.165, 1.54) is 0 Å². The Balaban J connectivity index is 0.000000608. The minimum absolute atomic E-state index is 0. The Bertz CT molecular complexity index is 1320. The Morgan fingerprint density at radius 2 is 0.930 bits per heavy atom. The first-order chi connectivity index (χ1) is 19.0. The van der Waals surface area contributed by atoms with Gasteiger partial charge in [-0.2, -0.15) is 39.5 Å². The Kier molecular flexibility index (Phi) is 15.0. The van der Waals surface area contributed by atoms with Crippen LogP contribution in [0.5, 0.6) is 0 Å². The van der Waals surface area contributed by atoms with Crippen LogP contribution in [-0.4, -0.2) is 46.7 Å². The van der Waals surface area contributed by atoms with Crippen molar-refractivity contribution in [2.45, 2.75) is 32.4 Å². The number of hydrogen-bond acceptors (Lipinski definition) is 9. The van der Waals surface area contributed by atoms with Gasteiger partial charge in [-0.05, 0) is 54.8 Å². The number of hydrogen-bond donors (Lipinski definition) is 0. The van der Waals surface area contributed by atoms with E-state index in [0.717, 1.165) is 20.0 Å². The van der Waals surface area contributed by atoms with E-state index in [1.54, 1.807) is 0 Å². The molecule has 0 aliphatic heterocycles. The van der Waals surface area contributed by atoms with Gasteiger partial charge in [0.1, 0.15) is 0 Å². The average molecular weight is 763 g/mol. The van der Waals surface area contributed by atoms with Crippen LogP contribution in [0.1, 0.15) is 62.0 Å². The molecule has 0 saturated carbocycles. The topological polar surface area (TPSA) is 152 Å². The van der Waals surface area contributed by atoms with Gasteiger partial charge in [0.2, 0.25) is 10.6 Å². The molecule has 231 valence electrons. The quantitative estimate of drug-likeness (QED) is 0.116. The number of rotatable bonds is 3. The Morgan fingerprint density at radius 1 is 0.628 bits per heavy atom. The summed E-state index contributed by atoms with van der Waals surface area (Å²) in [7, 11) is 0. The molecule has 3 aromatic rings. The summed E-state index contributed by atoms with van der Waals surface area (Å²) in [5.41, 5.74) is 0.715. The number of aromatic nitrogens is 6. The van der Waals surface area contributed by atoms with Crippen molar-refractivity contribution in [3.63, 3.8) is 0 Å². The van der Waals surface area contributed by atoms with Gasteiger partial charge in [-0.25, -0.2) is 19.9 Å². The molecule has 0 bridgehead atoms. The van der Waals surface area contributed by atoms with Crippen molar-refractivity contribution >= 4 is 57.6 Å². The third kappa shape index (κ3) is 12.5. The summed E-state index contributed by atoms with van der Waals surface area (Å²) in [5.74, 6) is -2.30. The minimum Gasteiger partial charge on any atom is -0.410 e. The molecule has 1 radical (unpaired) electrons. The van der Waals surface area contributed by atoms with Crippen LogP contribution >= 0.6 is 34.8 Å². The van der Waals surface area contributed by atoms with Gasteiger partial charge in [-0.15, -0.1) is 0 Å². The molecule has 3 heterocycles. The van der Waals surface area contributed by atoms with Gasteiger partial charge in [0.05, 0.1) is 16.8 Å². The molecule has 0 spiro atoms. The summed E-state index contributed by atoms with van der Waals surface area (Å²) < 4.78 is 110. The Hall–Kier alpha value is -2.61. The first-order valence-electron chi connectivity index (χ1n) is 10.0. The van der Waals surface area contributed by atoms with Gasteiger partial charge in [-0.1, -0.05) is 0 Å². The Labute approximate surface area is 273 Å². The largest absolute Gasteiger partial charge is 0.434 e. The second kappa shape index (κ2) is 15.9. The molecule has 0 aromatic carbocycles. The molecule has 3 rings (SSSR count). The van der Waals surface area contributed by atoms with E-state index >= 15 is 0 Å². The van der Waals surface area contributed by atoms with E-state index in [0.29, 0.717) is 12.4 Å². The van der Waals surface area contributed by atoms with Crippen molar-refractivity contribution in [3.05, 3.63) is 68.7 Å². The molecule has 0 amide bonds. The van der Waals surface area contributed by atoms with E-state index < -0.39 is 85.6 Å². The third-order valence-electron chi connectivity index (χ3n) is 4.08. The molecule has 0 aliphatic rings. The Morgan fingerprint density at radius 3 is 1.26 bits per heavy atom. The van der Waals surface area contributed by atoms with E-state index in [-0.39, 0.29) is 32.7 Å². The van der Waals surface area contributed by atoms with Crippen LogP contribution in [0.2, 0.25) is 10.6 Å². The molecule has 10 nitrogen and oxygen atoms in total. The van der Waals surface area contributed by atoms with Crippen molar-refractivity contribution in [1.29, 1.82) is 0 Å². The van der Waals surface area contributed by atoms with Crippen molar-refractivity contribution in [2.75, 3.05) is 0 Å². The monoisotopic (exact) mass is 761 g/mol. The SMILES string of the molecule is CC(=O)c1cnc(Cl)nc1C(F)(F)F.CC(=O)c1cnc([NH-])nc1C(F)(F)F.O=C(Cl)c1cnc(Cl)nc1C(F)(F)F.[Y]. The molecule has 23 heteroatoms. The van der Waals surface area contributed by atoms with Crippen LogP contribution in [0.25, 0.3) is 5.73 Å². The van der Waals surface area contributed by atoms with Crippen LogP contribution in [0.15, 0.2) is 18.6 Å². The molecule has 0 aliphatic carbocycles. The molecule has 0 saturated heterocycles. The molecule has 0 atom stereocenters. The first-order valence-corrected chi connectivity index (χ1v) is 11.2. The van der Waals surface area contributed by atoms with Crippen LogP contribution in [0, 0.1) is 0 Å². The van der Waals surface area contributed by atoms with E-state index in [9.17, 15) is 53.9 Å². The predicted octanol–water partition coefficient (Wildman–Crippen LogP) is 7.26. The van der Waals surface area contributed by atoms with Gasteiger partial charge in [0.25, 0.3) is 5.24 Å². The number of nitrogens with zero attached hydrogens (tertiary/aromatic N) is 6. The second-order valence-electron chi connectivity index (χ2n) is 7.14. The number of carbonyl (C=O) groups excluding carboxylic acids is 3. The van der Waals surface area contributed by atoms with Gasteiger partial charge in [0.15, 0.2) is 23.0 Å². The fourth-order valence-electron chi connectivity index (χ4n) is 2.41. The number of ketones is 2. The smallest absolute Gasteiger partial charge is 0.410 e. The molecule has 0 unspecified atom stereocenters. The zero-order valence-electron chi connectivity index (χ0n) is 20.8. The maximum Gasteiger partial charge on any atom is 0.434 e. The van der Waals surface area contributed by atoms with Crippen molar-refractivity contribution in [2.24, 2.45) is 0 Å². The maximum absolute atomic E-state index is 12.3. The molecular formula is C20H10Cl3F9N7O3Y-. The van der Waals surface area contributed by atoms with Gasteiger partial charge >= 0.3 is 18.5 Å². The van der Waals surface area contributed by atoms with Crippen LogP contribution in [-0.2, 0) is 51.2 Å². The minimum atomic E-state index is -4.79. The number of Topliss-reactive ketones (excluding diaryl/α,β-unsaturated/α-hetero) is 2. The van der Waals surface area contributed by atoms with Gasteiger partial charge in [0, 0.05) is 56.6 Å². The summed E-state index contributed by atoms with van der Waals surface area (Å²) in [6.07, 6.45) is -12.1. The standard InChI is InChI=1S/C7H4ClF3N2O.C7H6F3N3O.C6HCl2F3N2O.Y/c1-3(14)4-2-12-6(8)13-5(4)7(9,10)11;1-3(14)4-2-12-6(11)13-5(4)7(8,9)10;7-4(14)2-1-12-5(8)13-3(2)6(9,10)11;/h2H,1H3;2H,1H3,(H2,11,12,13,14);1H;/p-1. The molecular weight excluding hydrogens is 753 g/mol. The molecule has 0 fully saturated rings. The average Bonchev–Trinajstić information content (AvgIpc) is 2.82. The maximum atomic E-state index is 12.3. The number of nitrogens with one attached hydrogen (secondary N) is 1. The zero-order valence-corrected chi connectivity index (χ0v) is 25.9. The van der Waals surface area contributed by atoms with E-state index in [4.69, 9.17) is 40.5 Å². The fourth-order valence-corrected chi connectivity index (χ4v) is 2.81. The molecule has 43 heavy (non-hydrogen) atoms. The fraction of sp³-hybridized carbons (Fsp3) is 0.250. The second-order valence-corrected chi connectivity index (χ2v) is 8.16.